The summed E-state index contributed by atoms with van der Waals surface area (Å²) in [6.07, 6.45) is 0. The number of nitrogens with one attached hydrogen (secondary N) is 1. The first-order valence-corrected chi connectivity index (χ1v) is 6.21. The molecule has 0 unspecified atom stereocenters. The highest BCUT2D eigenvalue weighted by Crippen LogP contribution is 2.29. The molecule has 1 heterocycles. The Morgan fingerprint density at radius 2 is 1.90 bits per heavy atom. The number of hydrogen-bond acceptors (Lipinski definition) is 5. The Morgan fingerprint density at radius 3 is 2.45 bits per heavy atom. The molecule has 0 fully saturated rings. The number of carbonyl (C=O) groups is 1. The first-order valence-electron chi connectivity index (χ1n) is 5.39. The normalized spacial score (nSPS) is 10.4. The van der Waals surface area contributed by atoms with Crippen molar-refractivity contribution in [2.45, 2.75) is 6.92 Å². The van der Waals surface area contributed by atoms with Gasteiger partial charge in [-0.3, -0.25) is 0 Å². The number of thiazole rings is 1. The molecule has 20 heavy (non-hydrogen) atoms. The van der Waals surface area contributed by atoms with Gasteiger partial charge < -0.3 is 10.1 Å². The first-order chi connectivity index (χ1) is 9.42. The van der Waals surface area contributed by atoms with Gasteiger partial charge in [0, 0.05) is 17.0 Å². The molecule has 0 atom stereocenters. The summed E-state index contributed by atoms with van der Waals surface area (Å²) in [4.78, 5) is 15.8. The predicted octanol–water partition coefficient (Wildman–Crippen LogP) is 3.40. The Kier molecular flexibility index (Phi) is 3.93. The van der Waals surface area contributed by atoms with E-state index in [4.69, 9.17) is 0 Å². The van der Waals surface area contributed by atoms with Crippen LogP contribution in [-0.4, -0.2) is 18.1 Å². The Labute approximate surface area is 116 Å². The molecule has 0 aliphatic heterocycles. The first kappa shape index (κ1) is 14.3. The summed E-state index contributed by atoms with van der Waals surface area (Å²) in [5.74, 6) is -3.84. The largest absolute Gasteiger partial charge is 0.464 e. The van der Waals surface area contributed by atoms with E-state index in [1.807, 2.05) is 0 Å². The van der Waals surface area contributed by atoms with Crippen molar-refractivity contribution >= 4 is 28.1 Å². The lowest BCUT2D eigenvalue weighted by Gasteiger charge is -2.05. The van der Waals surface area contributed by atoms with Crippen LogP contribution in [0.25, 0.3) is 0 Å². The molecule has 0 radical (unpaired) electrons. The van der Waals surface area contributed by atoms with Crippen molar-refractivity contribution in [2.24, 2.45) is 0 Å². The van der Waals surface area contributed by atoms with Crippen molar-refractivity contribution in [1.82, 2.24) is 4.98 Å². The Morgan fingerprint density at radius 1 is 1.30 bits per heavy atom. The SMILES string of the molecule is COC(=O)c1nc(Nc2c(F)cc(F)cc2F)sc1C. The molecule has 0 saturated heterocycles. The molecule has 106 valence electrons. The predicted molar refractivity (Wildman–Crippen MR) is 67.8 cm³/mol. The van der Waals surface area contributed by atoms with Gasteiger partial charge in [-0.2, -0.15) is 0 Å². The molecule has 1 aromatic carbocycles. The van der Waals surface area contributed by atoms with Crippen molar-refractivity contribution in [3.8, 4) is 0 Å². The molecule has 1 N–H and O–H groups in total. The van der Waals surface area contributed by atoms with Gasteiger partial charge in [0.1, 0.15) is 11.5 Å². The summed E-state index contributed by atoms with van der Waals surface area (Å²) in [5.41, 5.74) is -0.473. The second-order valence-electron chi connectivity index (χ2n) is 3.78. The van der Waals surface area contributed by atoms with Crippen LogP contribution in [0.2, 0.25) is 0 Å². The minimum Gasteiger partial charge on any atom is -0.464 e. The van der Waals surface area contributed by atoms with Crippen LogP contribution in [0, 0.1) is 24.4 Å². The summed E-state index contributed by atoms with van der Waals surface area (Å²) in [5, 5.41) is 2.49. The van der Waals surface area contributed by atoms with Gasteiger partial charge in [-0.05, 0) is 6.92 Å². The molecule has 0 aliphatic rings. The van der Waals surface area contributed by atoms with Crippen LogP contribution in [0.4, 0.5) is 24.0 Å². The number of aryl methyl sites for hydroxylation is 1. The van der Waals surface area contributed by atoms with Crippen molar-refractivity contribution in [2.75, 3.05) is 12.4 Å². The van der Waals surface area contributed by atoms with E-state index >= 15 is 0 Å². The smallest absolute Gasteiger partial charge is 0.357 e. The number of esters is 1. The molecule has 0 amide bonds. The summed E-state index contributed by atoms with van der Waals surface area (Å²) >= 11 is 1.02. The lowest BCUT2D eigenvalue weighted by molar-refractivity contribution is 0.0594. The van der Waals surface area contributed by atoms with Crippen molar-refractivity contribution in [3.63, 3.8) is 0 Å². The van der Waals surface area contributed by atoms with Gasteiger partial charge in [0.15, 0.2) is 22.5 Å². The van der Waals surface area contributed by atoms with E-state index in [9.17, 15) is 18.0 Å². The number of nitrogens with zero attached hydrogens (tertiary/aromatic N) is 1. The zero-order valence-electron chi connectivity index (χ0n) is 10.5. The van der Waals surface area contributed by atoms with E-state index in [0.717, 1.165) is 11.3 Å². The molecule has 2 aromatic rings. The van der Waals surface area contributed by atoms with E-state index in [-0.39, 0.29) is 10.8 Å². The Hall–Kier alpha value is -2.09. The van der Waals surface area contributed by atoms with Gasteiger partial charge in [-0.25, -0.2) is 22.9 Å². The van der Waals surface area contributed by atoms with Crippen LogP contribution >= 0.6 is 11.3 Å². The van der Waals surface area contributed by atoms with Crippen LogP contribution in [0.1, 0.15) is 15.4 Å². The highest BCUT2D eigenvalue weighted by atomic mass is 32.1. The second-order valence-corrected chi connectivity index (χ2v) is 4.99. The number of anilines is 2. The van der Waals surface area contributed by atoms with Gasteiger partial charge >= 0.3 is 5.97 Å². The fourth-order valence-corrected chi connectivity index (χ4v) is 2.31. The third-order valence-corrected chi connectivity index (χ3v) is 3.30. The van der Waals surface area contributed by atoms with E-state index in [0.29, 0.717) is 17.0 Å². The van der Waals surface area contributed by atoms with Crippen LogP contribution in [-0.2, 0) is 4.74 Å². The van der Waals surface area contributed by atoms with Crippen LogP contribution < -0.4 is 5.32 Å². The third-order valence-electron chi connectivity index (χ3n) is 2.41. The van der Waals surface area contributed by atoms with Crippen LogP contribution in [0.5, 0.6) is 0 Å². The maximum atomic E-state index is 13.5. The number of carbonyl (C=O) groups excluding carboxylic acids is 1. The lowest BCUT2D eigenvalue weighted by Crippen LogP contribution is -2.04. The zero-order chi connectivity index (χ0) is 14.9. The Balaban J connectivity index is 2.34. The molecule has 0 bridgehead atoms. The van der Waals surface area contributed by atoms with Crippen LogP contribution in [0.3, 0.4) is 0 Å². The number of halogens is 3. The molecule has 2 rings (SSSR count). The molecular weight excluding hydrogens is 293 g/mol. The summed E-state index contributed by atoms with van der Waals surface area (Å²) in [6.45, 7) is 1.62. The van der Waals surface area contributed by atoms with E-state index in [2.05, 4.69) is 15.0 Å². The number of hydrogen-bond donors (Lipinski definition) is 1. The van der Waals surface area contributed by atoms with E-state index in [1.165, 1.54) is 7.11 Å². The third kappa shape index (κ3) is 2.74. The molecule has 0 aliphatic carbocycles. The van der Waals surface area contributed by atoms with Gasteiger partial charge in [-0.15, -0.1) is 11.3 Å². The molecule has 8 heteroatoms. The fourth-order valence-electron chi connectivity index (χ4n) is 1.50. The Bertz CT molecular complexity index is 650. The maximum absolute atomic E-state index is 13.5. The summed E-state index contributed by atoms with van der Waals surface area (Å²) < 4.78 is 44.3. The van der Waals surface area contributed by atoms with E-state index < -0.39 is 29.1 Å². The van der Waals surface area contributed by atoms with Crippen molar-refractivity contribution in [3.05, 3.63) is 40.2 Å². The molecule has 1 aromatic heterocycles. The number of methoxy groups -OCH3 is 1. The molecule has 0 spiro atoms. The zero-order valence-corrected chi connectivity index (χ0v) is 11.3. The average molecular weight is 302 g/mol. The number of rotatable bonds is 3. The molecular formula is C12H9F3N2O2S. The number of aromatic nitrogens is 1. The minimum atomic E-state index is -1.09. The van der Waals surface area contributed by atoms with Crippen molar-refractivity contribution in [1.29, 1.82) is 0 Å². The molecule has 0 saturated carbocycles. The maximum Gasteiger partial charge on any atom is 0.357 e. The fraction of sp³-hybridized carbons (Fsp3) is 0.167. The standard InChI is InChI=1S/C12H9F3N2O2S/c1-5-9(11(18)19-2)16-12(20-5)17-10-7(14)3-6(13)4-8(10)15/h3-4H,1-2H3,(H,16,17). The summed E-state index contributed by atoms with van der Waals surface area (Å²) in [6, 6.07) is 1.10. The van der Waals surface area contributed by atoms with Gasteiger partial charge in [0.2, 0.25) is 0 Å². The quantitative estimate of drug-likeness (QED) is 0.883. The minimum absolute atomic E-state index is 0.0583. The monoisotopic (exact) mass is 302 g/mol. The van der Waals surface area contributed by atoms with Gasteiger partial charge in [-0.1, -0.05) is 0 Å². The second kappa shape index (κ2) is 5.49. The number of ether oxygens (including phenoxy) is 1. The highest BCUT2D eigenvalue weighted by molar-refractivity contribution is 7.15. The summed E-state index contributed by atoms with van der Waals surface area (Å²) in [7, 11) is 1.20. The average Bonchev–Trinajstić information content (AvgIpc) is 2.74. The highest BCUT2D eigenvalue weighted by Gasteiger charge is 2.18. The van der Waals surface area contributed by atoms with E-state index in [1.54, 1.807) is 6.92 Å². The van der Waals surface area contributed by atoms with Crippen molar-refractivity contribution < 1.29 is 22.7 Å². The van der Waals surface area contributed by atoms with Gasteiger partial charge in [0.25, 0.3) is 0 Å². The lowest BCUT2D eigenvalue weighted by atomic mass is 10.3. The van der Waals surface area contributed by atoms with Gasteiger partial charge in [0.05, 0.1) is 7.11 Å². The number of benzene rings is 1. The topological polar surface area (TPSA) is 51.2 Å². The molecule has 4 nitrogen and oxygen atoms in total. The van der Waals surface area contributed by atoms with Crippen LogP contribution in [0.15, 0.2) is 12.1 Å².